The second-order valence-electron chi connectivity index (χ2n) is 5.47. The molecule has 5 heteroatoms. The van der Waals surface area contributed by atoms with Gasteiger partial charge in [-0.2, -0.15) is 0 Å². The summed E-state index contributed by atoms with van der Waals surface area (Å²) in [4.78, 5) is 22.6. The van der Waals surface area contributed by atoms with Gasteiger partial charge in [-0.05, 0) is 45.4 Å². The molecule has 0 unspecified atom stereocenters. The molecule has 1 aromatic heterocycles. The lowest BCUT2D eigenvalue weighted by molar-refractivity contribution is 0.0937. The Bertz CT molecular complexity index is 637. The summed E-state index contributed by atoms with van der Waals surface area (Å²) in [5, 5.41) is 2.81. The molecule has 2 rings (SSSR count). The van der Waals surface area contributed by atoms with Crippen LogP contribution < -0.4 is 10.2 Å². The highest BCUT2D eigenvalue weighted by Gasteiger charge is 2.12. The van der Waals surface area contributed by atoms with Gasteiger partial charge in [-0.15, -0.1) is 0 Å². The molecule has 0 aliphatic heterocycles. The van der Waals surface area contributed by atoms with Crippen LogP contribution in [-0.4, -0.2) is 28.5 Å². The molecule has 0 spiro atoms. The van der Waals surface area contributed by atoms with E-state index < -0.39 is 0 Å². The van der Waals surface area contributed by atoms with Crippen molar-refractivity contribution < 1.29 is 4.79 Å². The number of rotatable bonds is 5. The van der Waals surface area contributed by atoms with Crippen molar-refractivity contribution in [1.82, 2.24) is 15.3 Å². The molecule has 5 nitrogen and oxygen atoms in total. The van der Waals surface area contributed by atoms with E-state index in [-0.39, 0.29) is 11.9 Å². The van der Waals surface area contributed by atoms with E-state index in [1.807, 2.05) is 26.0 Å². The van der Waals surface area contributed by atoms with Crippen LogP contribution in [0.1, 0.15) is 36.8 Å². The molecule has 1 N–H and O–H groups in total. The number of amides is 1. The van der Waals surface area contributed by atoms with Crippen molar-refractivity contribution in [3.05, 3.63) is 47.9 Å². The summed E-state index contributed by atoms with van der Waals surface area (Å²) >= 11 is 0. The Labute approximate surface area is 131 Å². The number of nitrogens with zero attached hydrogens (tertiary/aromatic N) is 3. The monoisotopic (exact) mass is 298 g/mol. The van der Waals surface area contributed by atoms with Gasteiger partial charge < -0.3 is 10.2 Å². The van der Waals surface area contributed by atoms with Crippen molar-refractivity contribution in [2.45, 2.75) is 33.7 Å². The van der Waals surface area contributed by atoms with E-state index >= 15 is 0 Å². The van der Waals surface area contributed by atoms with E-state index in [9.17, 15) is 4.79 Å². The Morgan fingerprint density at radius 3 is 2.59 bits per heavy atom. The largest absolute Gasteiger partial charge is 0.348 e. The molecule has 0 saturated carbocycles. The highest BCUT2D eigenvalue weighted by atomic mass is 16.1. The Hall–Kier alpha value is -2.43. The molecular formula is C17H22N4O. The van der Waals surface area contributed by atoms with E-state index in [1.54, 1.807) is 6.20 Å². The summed E-state index contributed by atoms with van der Waals surface area (Å²) in [7, 11) is 0. The molecule has 1 amide bonds. The maximum absolute atomic E-state index is 11.9. The fourth-order valence-electron chi connectivity index (χ4n) is 2.19. The summed E-state index contributed by atoms with van der Waals surface area (Å²) < 4.78 is 0. The smallest absolute Gasteiger partial charge is 0.271 e. The zero-order valence-electron chi connectivity index (χ0n) is 13.5. The molecular weight excluding hydrogens is 276 g/mol. The maximum atomic E-state index is 11.9. The van der Waals surface area contributed by atoms with Crippen LogP contribution in [0.4, 0.5) is 11.5 Å². The van der Waals surface area contributed by atoms with Gasteiger partial charge in [0.05, 0.1) is 12.4 Å². The third-order valence-corrected chi connectivity index (χ3v) is 3.20. The highest BCUT2D eigenvalue weighted by Crippen LogP contribution is 2.23. The second kappa shape index (κ2) is 7.02. The number of hydrogen-bond acceptors (Lipinski definition) is 4. The standard InChI is InChI=1S/C17H22N4O/c1-5-21(14-8-6-7-13(4)9-14)16-11-18-15(10-19-16)17(22)20-12(2)3/h6-12H,5H2,1-4H3,(H,20,22). The zero-order chi connectivity index (χ0) is 16.1. The zero-order valence-corrected chi connectivity index (χ0v) is 13.5. The van der Waals surface area contributed by atoms with Crippen molar-refractivity contribution >= 4 is 17.4 Å². The van der Waals surface area contributed by atoms with Gasteiger partial charge in [-0.1, -0.05) is 12.1 Å². The summed E-state index contributed by atoms with van der Waals surface area (Å²) in [6, 6.07) is 8.30. The molecule has 1 heterocycles. The number of aryl methyl sites for hydroxylation is 1. The molecule has 0 atom stereocenters. The van der Waals surface area contributed by atoms with Crippen LogP contribution in [0.25, 0.3) is 0 Å². The van der Waals surface area contributed by atoms with Crippen molar-refractivity contribution in [3.8, 4) is 0 Å². The lowest BCUT2D eigenvalue weighted by Crippen LogP contribution is -2.31. The summed E-state index contributed by atoms with van der Waals surface area (Å²) in [6.45, 7) is 8.72. The topological polar surface area (TPSA) is 58.1 Å². The van der Waals surface area contributed by atoms with Crippen molar-refractivity contribution in [2.75, 3.05) is 11.4 Å². The van der Waals surface area contributed by atoms with E-state index in [1.165, 1.54) is 11.8 Å². The first-order valence-electron chi connectivity index (χ1n) is 7.48. The molecule has 1 aromatic carbocycles. The van der Waals surface area contributed by atoms with E-state index in [0.29, 0.717) is 5.69 Å². The number of carbonyl (C=O) groups excluding carboxylic acids is 1. The normalized spacial score (nSPS) is 10.6. The van der Waals surface area contributed by atoms with Crippen LogP contribution in [0.3, 0.4) is 0 Å². The van der Waals surface area contributed by atoms with Crippen LogP contribution in [-0.2, 0) is 0 Å². The van der Waals surface area contributed by atoms with E-state index in [4.69, 9.17) is 0 Å². The lowest BCUT2D eigenvalue weighted by atomic mass is 10.2. The Morgan fingerprint density at radius 2 is 2.05 bits per heavy atom. The van der Waals surface area contributed by atoms with Crippen LogP contribution in [0.15, 0.2) is 36.7 Å². The summed E-state index contributed by atoms with van der Waals surface area (Å²) in [5.41, 5.74) is 2.59. The third kappa shape index (κ3) is 3.81. The van der Waals surface area contributed by atoms with Crippen LogP contribution >= 0.6 is 0 Å². The van der Waals surface area contributed by atoms with Crippen LogP contribution in [0, 0.1) is 6.92 Å². The minimum absolute atomic E-state index is 0.0772. The summed E-state index contributed by atoms with van der Waals surface area (Å²) in [5.74, 6) is 0.529. The van der Waals surface area contributed by atoms with Gasteiger partial charge in [0.15, 0.2) is 5.82 Å². The molecule has 22 heavy (non-hydrogen) atoms. The SMILES string of the molecule is CCN(c1cccc(C)c1)c1cnc(C(=O)NC(C)C)cn1. The van der Waals surface area contributed by atoms with Gasteiger partial charge in [0.2, 0.25) is 0 Å². The van der Waals surface area contributed by atoms with Gasteiger partial charge in [0.1, 0.15) is 5.69 Å². The van der Waals surface area contributed by atoms with Crippen LogP contribution in [0.5, 0.6) is 0 Å². The highest BCUT2D eigenvalue weighted by molar-refractivity contribution is 5.92. The van der Waals surface area contributed by atoms with Gasteiger partial charge in [-0.3, -0.25) is 4.79 Å². The number of benzene rings is 1. The molecule has 0 aliphatic rings. The minimum atomic E-state index is -0.201. The predicted molar refractivity (Wildman–Crippen MR) is 88.5 cm³/mol. The molecule has 0 bridgehead atoms. The van der Waals surface area contributed by atoms with Crippen molar-refractivity contribution in [3.63, 3.8) is 0 Å². The molecule has 0 aliphatic carbocycles. The first-order valence-corrected chi connectivity index (χ1v) is 7.48. The Balaban J connectivity index is 2.22. The molecule has 0 radical (unpaired) electrons. The first-order chi connectivity index (χ1) is 10.5. The number of nitrogens with one attached hydrogen (secondary N) is 1. The van der Waals surface area contributed by atoms with Gasteiger partial charge in [0.25, 0.3) is 5.91 Å². The first kappa shape index (κ1) is 15.9. The number of aromatic nitrogens is 2. The molecule has 0 saturated heterocycles. The number of carbonyl (C=O) groups is 1. The third-order valence-electron chi connectivity index (χ3n) is 3.20. The van der Waals surface area contributed by atoms with Gasteiger partial charge in [0, 0.05) is 18.3 Å². The predicted octanol–water partition coefficient (Wildman–Crippen LogP) is 3.08. The maximum Gasteiger partial charge on any atom is 0.271 e. The lowest BCUT2D eigenvalue weighted by Gasteiger charge is -2.22. The van der Waals surface area contributed by atoms with E-state index in [2.05, 4.69) is 46.2 Å². The number of anilines is 2. The second-order valence-corrected chi connectivity index (χ2v) is 5.47. The molecule has 2 aromatic rings. The van der Waals surface area contributed by atoms with Gasteiger partial charge >= 0.3 is 0 Å². The fraction of sp³-hybridized carbons (Fsp3) is 0.353. The van der Waals surface area contributed by atoms with Crippen LogP contribution in [0.2, 0.25) is 0 Å². The summed E-state index contributed by atoms with van der Waals surface area (Å²) in [6.07, 6.45) is 3.16. The molecule has 0 fully saturated rings. The van der Waals surface area contributed by atoms with Crippen molar-refractivity contribution in [1.29, 1.82) is 0 Å². The average Bonchev–Trinajstić information content (AvgIpc) is 2.48. The van der Waals surface area contributed by atoms with Crippen molar-refractivity contribution in [2.24, 2.45) is 0 Å². The fourth-order valence-corrected chi connectivity index (χ4v) is 2.19. The minimum Gasteiger partial charge on any atom is -0.348 e. The van der Waals surface area contributed by atoms with E-state index in [0.717, 1.165) is 18.1 Å². The Morgan fingerprint density at radius 1 is 1.27 bits per heavy atom. The molecule has 116 valence electrons. The number of hydrogen-bond donors (Lipinski definition) is 1. The quantitative estimate of drug-likeness (QED) is 0.921. The average molecular weight is 298 g/mol. The Kier molecular flexibility index (Phi) is 5.09. The van der Waals surface area contributed by atoms with Gasteiger partial charge in [-0.25, -0.2) is 9.97 Å².